The summed E-state index contributed by atoms with van der Waals surface area (Å²) in [7, 11) is 0. The third-order valence-corrected chi connectivity index (χ3v) is 3.97. The first-order chi connectivity index (χ1) is 10.4. The molecule has 0 saturated carbocycles. The molecule has 0 aromatic carbocycles. The summed E-state index contributed by atoms with van der Waals surface area (Å²) in [5.41, 5.74) is 0.875. The zero-order chi connectivity index (χ0) is 15.7. The summed E-state index contributed by atoms with van der Waals surface area (Å²) < 4.78 is 6.71. The van der Waals surface area contributed by atoms with Crippen LogP contribution in [0.5, 0.6) is 0 Å². The Morgan fingerprint density at radius 1 is 1.27 bits per heavy atom. The van der Waals surface area contributed by atoms with Crippen LogP contribution in [0.4, 0.5) is 0 Å². The van der Waals surface area contributed by atoms with Crippen molar-refractivity contribution in [1.29, 1.82) is 0 Å². The predicted molar refractivity (Wildman–Crippen MR) is 82.5 cm³/mol. The summed E-state index contributed by atoms with van der Waals surface area (Å²) >= 11 is 0. The molecule has 0 atom stereocenters. The molecule has 0 aliphatic carbocycles. The third-order valence-electron chi connectivity index (χ3n) is 3.97. The summed E-state index contributed by atoms with van der Waals surface area (Å²) in [5, 5.41) is 8.23. The largest absolute Gasteiger partial charge is 0.360 e. The minimum atomic E-state index is -0.0482. The summed E-state index contributed by atoms with van der Waals surface area (Å²) in [6, 6.07) is 5.33. The zero-order valence-corrected chi connectivity index (χ0v) is 13.3. The molecule has 118 valence electrons. The molecular weight excluding hydrogens is 280 g/mol. The van der Waals surface area contributed by atoms with Crippen LogP contribution in [-0.4, -0.2) is 32.9 Å². The molecule has 22 heavy (non-hydrogen) atoms. The van der Waals surface area contributed by atoms with E-state index in [9.17, 15) is 4.79 Å². The second-order valence-electron chi connectivity index (χ2n) is 7.03. The lowest BCUT2D eigenvalue weighted by Crippen LogP contribution is -2.49. The monoisotopic (exact) mass is 302 g/mol. The van der Waals surface area contributed by atoms with Gasteiger partial charge in [-0.3, -0.25) is 9.69 Å². The van der Waals surface area contributed by atoms with E-state index in [1.54, 1.807) is 16.9 Å². The van der Waals surface area contributed by atoms with Crippen molar-refractivity contribution in [3.63, 3.8) is 0 Å². The van der Waals surface area contributed by atoms with Crippen LogP contribution in [0, 0.1) is 5.92 Å². The van der Waals surface area contributed by atoms with Gasteiger partial charge in [0.2, 0.25) is 0 Å². The standard InChI is InChI=1S/C16H22N4O2/c1-16(2,3)14-4-5-15(21)20(18-14)10-12-8-19(9-12)11-13-6-7-17-22-13/h4-7,12H,8-11H2,1-3H3. The molecule has 0 amide bonds. The van der Waals surface area contributed by atoms with Crippen molar-refractivity contribution in [2.45, 2.75) is 39.3 Å². The van der Waals surface area contributed by atoms with E-state index < -0.39 is 0 Å². The summed E-state index contributed by atoms with van der Waals surface area (Å²) in [5.74, 6) is 1.34. The van der Waals surface area contributed by atoms with Gasteiger partial charge in [0.05, 0.1) is 25.0 Å². The lowest BCUT2D eigenvalue weighted by Gasteiger charge is -2.38. The fourth-order valence-electron chi connectivity index (χ4n) is 2.69. The molecule has 6 nitrogen and oxygen atoms in total. The van der Waals surface area contributed by atoms with Crippen molar-refractivity contribution < 1.29 is 4.52 Å². The molecule has 1 aliphatic heterocycles. The topological polar surface area (TPSA) is 64.2 Å². The van der Waals surface area contributed by atoms with Crippen molar-refractivity contribution in [2.75, 3.05) is 13.1 Å². The Hall–Kier alpha value is -1.95. The fourth-order valence-corrected chi connectivity index (χ4v) is 2.69. The van der Waals surface area contributed by atoms with Gasteiger partial charge in [-0.2, -0.15) is 5.10 Å². The van der Waals surface area contributed by atoms with Crippen LogP contribution in [0.2, 0.25) is 0 Å². The molecule has 2 aromatic rings. The molecule has 2 aromatic heterocycles. The quantitative estimate of drug-likeness (QED) is 0.859. The Morgan fingerprint density at radius 3 is 2.68 bits per heavy atom. The van der Waals surface area contributed by atoms with Crippen molar-refractivity contribution in [1.82, 2.24) is 19.8 Å². The first kappa shape index (κ1) is 15.0. The predicted octanol–water partition coefficient (Wildman–Crippen LogP) is 1.66. The van der Waals surface area contributed by atoms with Gasteiger partial charge in [0.25, 0.3) is 5.56 Å². The highest BCUT2D eigenvalue weighted by Gasteiger charge is 2.28. The van der Waals surface area contributed by atoms with Gasteiger partial charge in [0.1, 0.15) is 0 Å². The van der Waals surface area contributed by atoms with Gasteiger partial charge in [-0.15, -0.1) is 0 Å². The number of likely N-dealkylation sites (tertiary alicyclic amines) is 1. The van der Waals surface area contributed by atoms with E-state index in [0.717, 1.165) is 31.1 Å². The number of hydrogen-bond donors (Lipinski definition) is 0. The Bertz CT molecular complexity index is 679. The lowest BCUT2D eigenvalue weighted by molar-refractivity contribution is 0.0674. The average molecular weight is 302 g/mol. The Morgan fingerprint density at radius 2 is 2.05 bits per heavy atom. The number of aromatic nitrogens is 3. The number of hydrogen-bond acceptors (Lipinski definition) is 5. The highest BCUT2D eigenvalue weighted by Crippen LogP contribution is 2.21. The maximum atomic E-state index is 12.0. The fraction of sp³-hybridized carbons (Fsp3) is 0.562. The molecule has 3 heterocycles. The van der Waals surface area contributed by atoms with E-state index in [1.807, 2.05) is 12.1 Å². The van der Waals surface area contributed by atoms with Gasteiger partial charge in [-0.1, -0.05) is 25.9 Å². The SMILES string of the molecule is CC(C)(C)c1ccc(=O)n(CC2CN(Cc3ccno3)C2)n1. The minimum Gasteiger partial charge on any atom is -0.360 e. The highest BCUT2D eigenvalue weighted by molar-refractivity contribution is 5.10. The van der Waals surface area contributed by atoms with E-state index >= 15 is 0 Å². The first-order valence-electron chi connectivity index (χ1n) is 7.62. The van der Waals surface area contributed by atoms with Crippen molar-refractivity contribution in [2.24, 2.45) is 5.92 Å². The van der Waals surface area contributed by atoms with Crippen molar-refractivity contribution in [3.8, 4) is 0 Å². The van der Waals surface area contributed by atoms with E-state index in [4.69, 9.17) is 4.52 Å². The van der Waals surface area contributed by atoms with Crippen molar-refractivity contribution in [3.05, 3.63) is 46.2 Å². The summed E-state index contributed by atoms with van der Waals surface area (Å²) in [6.45, 7) is 9.67. The molecule has 0 N–H and O–H groups in total. The third kappa shape index (κ3) is 3.27. The molecule has 1 fully saturated rings. The van der Waals surface area contributed by atoms with Gasteiger partial charge in [-0.05, 0) is 6.07 Å². The Balaban J connectivity index is 1.60. The molecule has 6 heteroatoms. The second-order valence-corrected chi connectivity index (χ2v) is 7.03. The van der Waals surface area contributed by atoms with Crippen LogP contribution in [-0.2, 0) is 18.5 Å². The van der Waals surface area contributed by atoms with Gasteiger partial charge < -0.3 is 4.52 Å². The zero-order valence-electron chi connectivity index (χ0n) is 13.3. The van der Waals surface area contributed by atoms with E-state index in [0.29, 0.717) is 12.5 Å². The van der Waals surface area contributed by atoms with E-state index in [-0.39, 0.29) is 11.0 Å². The second kappa shape index (κ2) is 5.68. The van der Waals surface area contributed by atoms with E-state index in [2.05, 4.69) is 35.9 Å². The number of rotatable bonds is 4. The maximum absolute atomic E-state index is 12.0. The average Bonchev–Trinajstić information content (AvgIpc) is 2.90. The van der Waals surface area contributed by atoms with E-state index in [1.165, 1.54) is 0 Å². The van der Waals surface area contributed by atoms with Crippen LogP contribution in [0.25, 0.3) is 0 Å². The van der Waals surface area contributed by atoms with Gasteiger partial charge in [-0.25, -0.2) is 4.68 Å². The molecule has 1 saturated heterocycles. The highest BCUT2D eigenvalue weighted by atomic mass is 16.5. The molecule has 0 spiro atoms. The molecule has 0 bridgehead atoms. The number of nitrogens with zero attached hydrogens (tertiary/aromatic N) is 4. The molecule has 0 radical (unpaired) electrons. The molecule has 0 unspecified atom stereocenters. The summed E-state index contributed by atoms with van der Waals surface area (Å²) in [6.07, 6.45) is 1.66. The lowest BCUT2D eigenvalue weighted by atomic mass is 9.92. The first-order valence-corrected chi connectivity index (χ1v) is 7.62. The van der Waals surface area contributed by atoms with Crippen LogP contribution < -0.4 is 5.56 Å². The van der Waals surface area contributed by atoms with Crippen LogP contribution >= 0.6 is 0 Å². The van der Waals surface area contributed by atoms with Crippen LogP contribution in [0.1, 0.15) is 32.2 Å². The minimum absolute atomic E-state index is 0.0262. The maximum Gasteiger partial charge on any atom is 0.266 e. The van der Waals surface area contributed by atoms with Gasteiger partial charge in [0.15, 0.2) is 5.76 Å². The smallest absolute Gasteiger partial charge is 0.266 e. The molecule has 1 aliphatic rings. The van der Waals surface area contributed by atoms with Crippen molar-refractivity contribution >= 4 is 0 Å². The van der Waals surface area contributed by atoms with Crippen LogP contribution in [0.3, 0.4) is 0 Å². The van der Waals surface area contributed by atoms with Gasteiger partial charge in [0, 0.05) is 36.6 Å². The normalized spacial score (nSPS) is 16.7. The van der Waals surface area contributed by atoms with Crippen LogP contribution in [0.15, 0.2) is 33.7 Å². The summed E-state index contributed by atoms with van der Waals surface area (Å²) in [4.78, 5) is 14.3. The Labute approximate surface area is 129 Å². The van der Waals surface area contributed by atoms with Gasteiger partial charge >= 0.3 is 0 Å². The molecule has 3 rings (SSSR count). The molecular formula is C16H22N4O2. The Kier molecular flexibility index (Phi) is 3.87.